The van der Waals surface area contributed by atoms with Crippen molar-refractivity contribution in [3.63, 3.8) is 0 Å². The van der Waals surface area contributed by atoms with Gasteiger partial charge in [0.25, 0.3) is 0 Å². The fraction of sp³-hybridized carbons (Fsp3) is 0.968. The van der Waals surface area contributed by atoms with Gasteiger partial charge in [0, 0.05) is 30.3 Å². The summed E-state index contributed by atoms with van der Waals surface area (Å²) in [6.07, 6.45) is 22.2. The summed E-state index contributed by atoms with van der Waals surface area (Å²) in [7, 11) is 0. The quantitative estimate of drug-likeness (QED) is 0.140. The Hall–Kier alpha value is -0.610. The van der Waals surface area contributed by atoms with Crippen LogP contribution in [0.4, 0.5) is 0 Å². The predicted octanol–water partition coefficient (Wildman–Crippen LogP) is 9.54. The molecule has 4 nitrogen and oxygen atoms in total. The van der Waals surface area contributed by atoms with Gasteiger partial charge in [-0.25, -0.2) is 0 Å². The molecule has 0 aromatic carbocycles. The van der Waals surface area contributed by atoms with E-state index in [0.717, 1.165) is 25.7 Å². The Bertz CT molecular complexity index is 546. The van der Waals surface area contributed by atoms with Crippen molar-refractivity contribution in [1.82, 2.24) is 5.06 Å². The Labute approximate surface area is 219 Å². The van der Waals surface area contributed by atoms with Gasteiger partial charge in [-0.05, 0) is 54.9 Å². The van der Waals surface area contributed by atoms with Crippen LogP contribution in [0.3, 0.4) is 0 Å². The summed E-state index contributed by atoms with van der Waals surface area (Å²) >= 11 is 0. The van der Waals surface area contributed by atoms with Crippen LogP contribution >= 0.6 is 0 Å². The molecule has 0 saturated carbocycles. The van der Waals surface area contributed by atoms with Crippen molar-refractivity contribution in [2.45, 2.75) is 194 Å². The van der Waals surface area contributed by atoms with Crippen LogP contribution in [0.5, 0.6) is 0 Å². The van der Waals surface area contributed by atoms with Crippen molar-refractivity contribution in [3.05, 3.63) is 0 Å². The molecule has 1 rings (SSSR count). The molecule has 1 saturated heterocycles. The molecular weight excluding hydrogens is 434 g/mol. The van der Waals surface area contributed by atoms with Crippen molar-refractivity contribution >= 4 is 5.97 Å². The number of hydroxylamine groups is 2. The minimum atomic E-state index is -0.244. The van der Waals surface area contributed by atoms with Crippen LogP contribution in [-0.4, -0.2) is 33.8 Å². The number of piperidine rings is 1. The van der Waals surface area contributed by atoms with Gasteiger partial charge in [0.15, 0.2) is 0 Å². The summed E-state index contributed by atoms with van der Waals surface area (Å²) in [6.45, 7) is 17.3. The first-order valence-electron chi connectivity index (χ1n) is 15.1. The minimum absolute atomic E-state index is 0.0264. The highest BCUT2D eigenvalue weighted by molar-refractivity contribution is 5.69. The average Bonchev–Trinajstić information content (AvgIpc) is 2.72. The molecule has 1 aliphatic rings. The third kappa shape index (κ3) is 14.6. The molecule has 0 spiro atoms. The van der Waals surface area contributed by atoms with E-state index < -0.39 is 0 Å². The van der Waals surface area contributed by atoms with Gasteiger partial charge in [0.1, 0.15) is 6.10 Å². The van der Waals surface area contributed by atoms with E-state index in [-0.39, 0.29) is 28.8 Å². The summed E-state index contributed by atoms with van der Waals surface area (Å²) < 4.78 is 5.94. The minimum Gasteiger partial charge on any atom is -0.462 e. The summed E-state index contributed by atoms with van der Waals surface area (Å²) in [5, 5.41) is 2.14. The third-order valence-corrected chi connectivity index (χ3v) is 7.20. The average molecular weight is 496 g/mol. The van der Waals surface area contributed by atoms with Gasteiger partial charge >= 0.3 is 5.97 Å². The maximum Gasteiger partial charge on any atom is 0.306 e. The largest absolute Gasteiger partial charge is 0.462 e. The monoisotopic (exact) mass is 495 g/mol. The number of ether oxygens (including phenoxy) is 1. The van der Waals surface area contributed by atoms with Crippen LogP contribution in [0.25, 0.3) is 0 Å². The number of hydrogen-bond donors (Lipinski definition) is 0. The zero-order chi connectivity index (χ0) is 26.4. The normalized spacial score (nSPS) is 18.6. The van der Waals surface area contributed by atoms with Crippen LogP contribution < -0.4 is 0 Å². The first-order valence-corrected chi connectivity index (χ1v) is 15.1. The molecular formula is C31H61NO3. The van der Waals surface area contributed by atoms with Gasteiger partial charge < -0.3 is 4.74 Å². The van der Waals surface area contributed by atoms with Crippen molar-refractivity contribution in [3.8, 4) is 0 Å². The Balaban J connectivity index is 2.10. The molecule has 0 aromatic rings. The molecule has 0 unspecified atom stereocenters. The van der Waals surface area contributed by atoms with Crippen molar-refractivity contribution in [2.24, 2.45) is 0 Å². The summed E-state index contributed by atoms with van der Waals surface area (Å²) in [6, 6.07) is 0. The van der Waals surface area contributed by atoms with Crippen molar-refractivity contribution < 1.29 is 14.4 Å². The van der Waals surface area contributed by atoms with E-state index in [2.05, 4.69) is 60.5 Å². The van der Waals surface area contributed by atoms with E-state index in [1.807, 2.05) is 0 Å². The fourth-order valence-electron chi connectivity index (χ4n) is 5.66. The van der Waals surface area contributed by atoms with Crippen LogP contribution in [0.2, 0.25) is 0 Å². The van der Waals surface area contributed by atoms with E-state index in [1.165, 1.54) is 83.5 Å². The van der Waals surface area contributed by atoms with Crippen molar-refractivity contribution in [2.75, 3.05) is 0 Å². The number of carbonyl (C=O) groups is 1. The second-order valence-electron chi connectivity index (χ2n) is 13.3. The number of carbonyl (C=O) groups excluding carboxylic acids is 1. The van der Waals surface area contributed by atoms with Gasteiger partial charge in [-0.3, -0.25) is 9.63 Å². The van der Waals surface area contributed by atoms with E-state index in [0.29, 0.717) is 6.42 Å². The lowest BCUT2D eigenvalue weighted by molar-refractivity contribution is -0.333. The lowest BCUT2D eigenvalue weighted by Crippen LogP contribution is -2.63. The Morgan fingerprint density at radius 2 is 1.09 bits per heavy atom. The molecule has 0 bridgehead atoms. The summed E-state index contributed by atoms with van der Waals surface area (Å²) in [5.41, 5.74) is -0.616. The molecule has 0 amide bonds. The zero-order valence-corrected chi connectivity index (χ0v) is 25.0. The Kier molecular flexibility index (Phi) is 15.1. The molecule has 4 heteroatoms. The van der Waals surface area contributed by atoms with Gasteiger partial charge in [0.2, 0.25) is 0 Å². The molecule has 0 aliphatic carbocycles. The van der Waals surface area contributed by atoms with Gasteiger partial charge in [-0.15, -0.1) is 0 Å². The number of rotatable bonds is 18. The standard InChI is InChI=1S/C31H61NO3/c1-9-10-11-12-13-14-15-16-17-18-19-20-21-22-23-24-28(33)34-27-25-30(5,6)32(31(7,8)26-27)35-29(2,3)4/h27H,9-26H2,1-8H3. The van der Waals surface area contributed by atoms with E-state index >= 15 is 0 Å². The van der Waals surface area contributed by atoms with Crippen LogP contribution in [-0.2, 0) is 14.4 Å². The van der Waals surface area contributed by atoms with E-state index in [9.17, 15) is 4.79 Å². The highest BCUT2D eigenvalue weighted by atomic mass is 16.7. The number of esters is 1. The van der Waals surface area contributed by atoms with Crippen LogP contribution in [0.15, 0.2) is 0 Å². The maximum atomic E-state index is 12.5. The lowest BCUT2D eigenvalue weighted by atomic mass is 9.80. The second kappa shape index (κ2) is 16.3. The molecule has 1 fully saturated rings. The molecule has 1 heterocycles. The first-order chi connectivity index (χ1) is 16.4. The number of unbranched alkanes of at least 4 members (excludes halogenated alkanes) is 14. The lowest BCUT2D eigenvalue weighted by Gasteiger charge is -2.55. The molecule has 0 aromatic heterocycles. The highest BCUT2D eigenvalue weighted by Gasteiger charge is 2.49. The smallest absolute Gasteiger partial charge is 0.306 e. The van der Waals surface area contributed by atoms with Gasteiger partial charge in [-0.1, -0.05) is 96.8 Å². The number of nitrogens with zero attached hydrogens (tertiary/aromatic N) is 1. The summed E-state index contributed by atoms with van der Waals surface area (Å²) in [5.74, 6) is -0.0264. The first kappa shape index (κ1) is 32.4. The highest BCUT2D eigenvalue weighted by Crippen LogP contribution is 2.41. The molecule has 35 heavy (non-hydrogen) atoms. The third-order valence-electron chi connectivity index (χ3n) is 7.20. The molecule has 0 atom stereocenters. The van der Waals surface area contributed by atoms with Gasteiger partial charge in [0.05, 0.1) is 5.60 Å². The SMILES string of the molecule is CCCCCCCCCCCCCCCCCC(=O)OC1CC(C)(C)N(OC(C)(C)C)C(C)(C)C1. The molecule has 0 N–H and O–H groups in total. The molecule has 208 valence electrons. The zero-order valence-electron chi connectivity index (χ0n) is 25.0. The van der Waals surface area contributed by atoms with Crippen LogP contribution in [0, 0.1) is 0 Å². The Morgan fingerprint density at radius 3 is 1.46 bits per heavy atom. The second-order valence-corrected chi connectivity index (χ2v) is 13.3. The van der Waals surface area contributed by atoms with Crippen LogP contribution in [0.1, 0.15) is 171 Å². The Morgan fingerprint density at radius 1 is 0.714 bits per heavy atom. The topological polar surface area (TPSA) is 38.8 Å². The molecule has 1 aliphatic heterocycles. The maximum absolute atomic E-state index is 12.5. The van der Waals surface area contributed by atoms with E-state index in [1.54, 1.807) is 0 Å². The molecule has 0 radical (unpaired) electrons. The summed E-state index contributed by atoms with van der Waals surface area (Å²) in [4.78, 5) is 18.8. The fourth-order valence-corrected chi connectivity index (χ4v) is 5.66. The van der Waals surface area contributed by atoms with E-state index in [4.69, 9.17) is 9.57 Å². The van der Waals surface area contributed by atoms with Crippen molar-refractivity contribution in [1.29, 1.82) is 0 Å². The predicted molar refractivity (Wildman–Crippen MR) is 149 cm³/mol. The van der Waals surface area contributed by atoms with Gasteiger partial charge in [-0.2, -0.15) is 5.06 Å². The number of hydrogen-bond acceptors (Lipinski definition) is 4.